The Labute approximate surface area is 147 Å². The second-order valence-corrected chi connectivity index (χ2v) is 7.48. The van der Waals surface area contributed by atoms with Gasteiger partial charge in [0.05, 0.1) is 34.5 Å². The highest BCUT2D eigenvalue weighted by Crippen LogP contribution is 2.40. The maximum absolute atomic E-state index is 12.7. The van der Waals surface area contributed by atoms with Gasteiger partial charge < -0.3 is 20.6 Å². The monoisotopic (exact) mass is 360 g/mol. The Balaban J connectivity index is 1.75. The number of rotatable bonds is 2. The number of carbonyl (C=O) groups is 1. The maximum atomic E-state index is 12.7. The van der Waals surface area contributed by atoms with E-state index in [9.17, 15) is 20.0 Å². The number of thiophene rings is 1. The molecule has 2 atom stereocenters. The lowest BCUT2D eigenvalue weighted by atomic mass is 10.00. The molecule has 1 aromatic heterocycles. The number of nitro benzene ring substituents is 1. The molecule has 25 heavy (non-hydrogen) atoms. The molecule has 2 aliphatic heterocycles. The maximum Gasteiger partial charge on any atom is 0.276 e. The van der Waals surface area contributed by atoms with Crippen molar-refractivity contribution in [2.24, 2.45) is 0 Å². The highest BCUT2D eigenvalue weighted by atomic mass is 32.1. The molecule has 4 rings (SSSR count). The summed E-state index contributed by atoms with van der Waals surface area (Å²) < 4.78 is 0. The van der Waals surface area contributed by atoms with Gasteiger partial charge in [-0.25, -0.2) is 0 Å². The van der Waals surface area contributed by atoms with E-state index >= 15 is 0 Å². The van der Waals surface area contributed by atoms with E-state index in [0.717, 1.165) is 36.1 Å². The average Bonchev–Trinajstić information content (AvgIpc) is 2.92. The molecule has 2 aromatic rings. The fourth-order valence-corrected chi connectivity index (χ4v) is 4.81. The number of nitrogens with one attached hydrogen (secondary N) is 3. The molecule has 1 aromatic carbocycles. The summed E-state index contributed by atoms with van der Waals surface area (Å²) >= 11 is 1.52. The quantitative estimate of drug-likeness (QED) is 0.522. The first kappa shape index (κ1) is 15.9. The summed E-state index contributed by atoms with van der Waals surface area (Å²) in [7, 11) is 2.11. The third-order valence-corrected chi connectivity index (χ3v) is 5.80. The lowest BCUT2D eigenvalue weighted by Gasteiger charge is -2.27. The fraction of sp³-hybridized carbons (Fsp3) is 0.312. The average molecular weight is 360 g/mol. The second kappa shape index (κ2) is 5.71. The van der Waals surface area contributed by atoms with Crippen molar-refractivity contribution in [2.75, 3.05) is 18.9 Å². The van der Waals surface area contributed by atoms with Gasteiger partial charge in [0.2, 0.25) is 0 Å². The molecule has 9 heteroatoms. The number of quaternary nitrogens is 1. The predicted molar refractivity (Wildman–Crippen MR) is 89.9 cm³/mol. The van der Waals surface area contributed by atoms with Crippen LogP contribution < -0.4 is 20.6 Å². The van der Waals surface area contributed by atoms with E-state index in [2.05, 4.69) is 17.7 Å². The molecule has 0 saturated carbocycles. The number of likely N-dealkylation sites (N-methyl/N-ethyl adjacent to an activating group) is 1. The molecule has 1 amide bonds. The summed E-state index contributed by atoms with van der Waals surface area (Å²) in [6, 6.07) is 3.53. The fourth-order valence-electron chi connectivity index (χ4n) is 3.42. The van der Waals surface area contributed by atoms with Crippen LogP contribution in [-0.2, 0) is 13.0 Å². The SMILES string of the molecule is C[NH+]1CCc2c(sc3c2C(=O)NC(c2cc([O-])ccc2[N+](=O)[O-])N3)C1. The van der Waals surface area contributed by atoms with Crippen molar-refractivity contribution in [3.8, 4) is 5.75 Å². The summed E-state index contributed by atoms with van der Waals surface area (Å²) in [4.78, 5) is 25.9. The van der Waals surface area contributed by atoms with E-state index in [1.165, 1.54) is 33.2 Å². The number of hydrogen-bond acceptors (Lipinski definition) is 6. The van der Waals surface area contributed by atoms with Crippen LogP contribution >= 0.6 is 11.3 Å². The number of carbonyl (C=O) groups excluding carboxylic acids is 1. The number of nitrogens with zero attached hydrogens (tertiary/aromatic N) is 1. The van der Waals surface area contributed by atoms with E-state index in [1.54, 1.807) is 0 Å². The van der Waals surface area contributed by atoms with Crippen molar-refractivity contribution in [3.05, 3.63) is 49.9 Å². The van der Waals surface area contributed by atoms with Crippen molar-refractivity contribution in [1.29, 1.82) is 0 Å². The summed E-state index contributed by atoms with van der Waals surface area (Å²) in [6.45, 7) is 1.83. The zero-order valence-corrected chi connectivity index (χ0v) is 14.2. The van der Waals surface area contributed by atoms with Crippen molar-refractivity contribution in [3.63, 3.8) is 0 Å². The molecule has 0 fully saturated rings. The number of hydrogen-bond donors (Lipinski definition) is 3. The van der Waals surface area contributed by atoms with Gasteiger partial charge in [0, 0.05) is 12.5 Å². The number of anilines is 1. The molecule has 0 spiro atoms. The van der Waals surface area contributed by atoms with Crippen LogP contribution in [-0.4, -0.2) is 24.4 Å². The van der Waals surface area contributed by atoms with Gasteiger partial charge in [-0.2, -0.15) is 0 Å². The van der Waals surface area contributed by atoms with Gasteiger partial charge in [-0.15, -0.1) is 17.1 Å². The van der Waals surface area contributed by atoms with Gasteiger partial charge >= 0.3 is 0 Å². The molecule has 3 heterocycles. The first-order valence-electron chi connectivity index (χ1n) is 7.92. The molecule has 0 aliphatic carbocycles. The van der Waals surface area contributed by atoms with Crippen LogP contribution in [0, 0.1) is 10.1 Å². The van der Waals surface area contributed by atoms with E-state index < -0.39 is 11.1 Å². The smallest absolute Gasteiger partial charge is 0.276 e. The molecular weight excluding hydrogens is 344 g/mol. The Morgan fingerprint density at radius 2 is 2.16 bits per heavy atom. The van der Waals surface area contributed by atoms with Crippen LogP contribution in [0.3, 0.4) is 0 Å². The summed E-state index contributed by atoms with van der Waals surface area (Å²) in [5.41, 5.74) is 1.70. The minimum absolute atomic E-state index is 0.172. The highest BCUT2D eigenvalue weighted by molar-refractivity contribution is 7.16. The summed E-state index contributed by atoms with van der Waals surface area (Å²) in [6.07, 6.45) is 0.0441. The molecule has 2 aliphatic rings. The lowest BCUT2D eigenvalue weighted by Crippen LogP contribution is -3.08. The topological polar surface area (TPSA) is 112 Å². The molecule has 8 nitrogen and oxygen atoms in total. The van der Waals surface area contributed by atoms with E-state index in [0.29, 0.717) is 5.56 Å². The standard InChI is InChI=1S/C16H16N4O4S/c1-19-5-4-9-12(7-19)25-16-13(9)15(22)17-14(18-16)10-6-8(21)2-3-11(10)20(23)24/h2-3,6,14,18,21H,4-5,7H2,1H3,(H,17,22). The van der Waals surface area contributed by atoms with Gasteiger partial charge in [-0.3, -0.25) is 14.9 Å². The molecule has 0 bridgehead atoms. The normalized spacial score (nSPS) is 21.7. The van der Waals surface area contributed by atoms with Gasteiger partial charge in [0.25, 0.3) is 11.6 Å². The first-order valence-corrected chi connectivity index (χ1v) is 8.74. The predicted octanol–water partition coefficient (Wildman–Crippen LogP) is 0.155. The van der Waals surface area contributed by atoms with Gasteiger partial charge in [0.15, 0.2) is 0 Å². The summed E-state index contributed by atoms with van der Waals surface area (Å²) in [5.74, 6) is -0.584. The third-order valence-electron chi connectivity index (χ3n) is 4.64. The Morgan fingerprint density at radius 3 is 2.92 bits per heavy atom. The van der Waals surface area contributed by atoms with Crippen molar-refractivity contribution in [1.82, 2.24) is 5.32 Å². The van der Waals surface area contributed by atoms with E-state index in [-0.39, 0.29) is 22.9 Å². The summed E-state index contributed by atoms with van der Waals surface area (Å²) in [5, 5.41) is 29.6. The zero-order valence-electron chi connectivity index (χ0n) is 13.4. The van der Waals surface area contributed by atoms with Crippen LogP contribution in [0.5, 0.6) is 5.75 Å². The van der Waals surface area contributed by atoms with E-state index in [4.69, 9.17) is 0 Å². The molecular formula is C16H16N4O4S. The molecule has 2 unspecified atom stereocenters. The molecule has 3 N–H and O–H groups in total. The Bertz CT molecular complexity index is 895. The van der Waals surface area contributed by atoms with E-state index in [1.807, 2.05) is 0 Å². The number of amides is 1. The minimum Gasteiger partial charge on any atom is -0.872 e. The molecule has 0 radical (unpaired) electrons. The Hall–Kier alpha value is -2.65. The molecule has 130 valence electrons. The van der Waals surface area contributed by atoms with Crippen LogP contribution in [0.25, 0.3) is 0 Å². The Morgan fingerprint density at radius 1 is 1.36 bits per heavy atom. The van der Waals surface area contributed by atoms with Crippen molar-refractivity contribution in [2.45, 2.75) is 19.1 Å². The Kier molecular flexibility index (Phi) is 3.62. The van der Waals surface area contributed by atoms with Gasteiger partial charge in [0.1, 0.15) is 17.7 Å². The number of benzene rings is 1. The second-order valence-electron chi connectivity index (χ2n) is 6.37. The highest BCUT2D eigenvalue weighted by Gasteiger charge is 2.35. The van der Waals surface area contributed by atoms with Crippen LogP contribution in [0.2, 0.25) is 0 Å². The van der Waals surface area contributed by atoms with Gasteiger partial charge in [-0.05, 0) is 5.56 Å². The van der Waals surface area contributed by atoms with Crippen molar-refractivity contribution >= 4 is 27.9 Å². The van der Waals surface area contributed by atoms with Crippen LogP contribution in [0.1, 0.15) is 32.5 Å². The first-order chi connectivity index (χ1) is 11.9. The lowest BCUT2D eigenvalue weighted by molar-refractivity contribution is -0.895. The van der Waals surface area contributed by atoms with Crippen LogP contribution in [0.4, 0.5) is 10.7 Å². The van der Waals surface area contributed by atoms with Crippen molar-refractivity contribution < 1.29 is 19.7 Å². The zero-order chi connectivity index (χ0) is 17.7. The third kappa shape index (κ3) is 2.61. The number of nitro groups is 1. The van der Waals surface area contributed by atoms with Crippen LogP contribution in [0.15, 0.2) is 18.2 Å². The van der Waals surface area contributed by atoms with Gasteiger partial charge in [-0.1, -0.05) is 12.1 Å². The molecule has 0 saturated heterocycles. The number of fused-ring (bicyclic) bond motifs is 3. The largest absolute Gasteiger partial charge is 0.872 e. The minimum atomic E-state index is -0.792.